The summed E-state index contributed by atoms with van der Waals surface area (Å²) in [5.74, 6) is 2.15. The van der Waals surface area contributed by atoms with Crippen molar-refractivity contribution < 1.29 is 0 Å². The molecule has 0 saturated heterocycles. The smallest absolute Gasteiger partial charge is 0.000791 e. The summed E-state index contributed by atoms with van der Waals surface area (Å²) in [5.41, 5.74) is 0.646. The molecule has 0 aromatic heterocycles. The highest BCUT2D eigenvalue weighted by Crippen LogP contribution is 2.42. The Morgan fingerprint density at radius 2 is 1.94 bits per heavy atom. The summed E-state index contributed by atoms with van der Waals surface area (Å²) >= 11 is 1.95. The minimum atomic E-state index is 0.646. The molecule has 1 saturated carbocycles. The lowest BCUT2D eigenvalue weighted by Crippen LogP contribution is -2.34. The van der Waals surface area contributed by atoms with Crippen molar-refractivity contribution in [1.29, 1.82) is 0 Å². The Hall–Kier alpha value is 0.310. The minimum Gasteiger partial charge on any atom is -0.316 e. The third-order valence-electron chi connectivity index (χ3n) is 3.71. The average molecular weight is 243 g/mol. The molecule has 0 aromatic rings. The van der Waals surface area contributed by atoms with E-state index in [0.717, 1.165) is 5.92 Å². The number of thioether (sulfide) groups is 1. The van der Waals surface area contributed by atoms with E-state index < -0.39 is 0 Å². The van der Waals surface area contributed by atoms with Gasteiger partial charge in [0.2, 0.25) is 0 Å². The van der Waals surface area contributed by atoms with Crippen LogP contribution in [-0.2, 0) is 0 Å². The molecular weight excluding hydrogens is 214 g/mol. The molecule has 96 valence electrons. The Bertz CT molecular complexity index is 174. The number of hydrogen-bond donors (Lipinski definition) is 1. The van der Waals surface area contributed by atoms with Crippen LogP contribution in [0.3, 0.4) is 0 Å². The molecule has 0 bridgehead atoms. The van der Waals surface area contributed by atoms with Crippen LogP contribution in [0.2, 0.25) is 0 Å². The maximum absolute atomic E-state index is 3.70. The molecule has 0 radical (unpaired) electrons. The number of rotatable bonds is 8. The molecule has 1 aliphatic rings. The van der Waals surface area contributed by atoms with Crippen LogP contribution in [0, 0.1) is 11.3 Å². The van der Waals surface area contributed by atoms with Gasteiger partial charge in [0.05, 0.1) is 0 Å². The van der Waals surface area contributed by atoms with Crippen LogP contribution in [0.4, 0.5) is 0 Å². The summed E-state index contributed by atoms with van der Waals surface area (Å²) in [7, 11) is 0. The summed E-state index contributed by atoms with van der Waals surface area (Å²) < 4.78 is 0. The molecule has 0 aromatic carbocycles. The monoisotopic (exact) mass is 243 g/mol. The molecule has 0 spiro atoms. The Kier molecular flexibility index (Phi) is 6.83. The van der Waals surface area contributed by atoms with E-state index in [4.69, 9.17) is 0 Å². The first-order valence-electron chi connectivity index (χ1n) is 6.88. The van der Waals surface area contributed by atoms with Crippen molar-refractivity contribution in [1.82, 2.24) is 5.32 Å². The SMILES string of the molecule is CSCCCNCC1(CC(C)C)CCCC1. The van der Waals surface area contributed by atoms with Crippen LogP contribution in [0.1, 0.15) is 52.4 Å². The predicted molar refractivity (Wildman–Crippen MR) is 76.2 cm³/mol. The van der Waals surface area contributed by atoms with Crippen LogP contribution in [0.15, 0.2) is 0 Å². The van der Waals surface area contributed by atoms with E-state index in [2.05, 4.69) is 25.4 Å². The van der Waals surface area contributed by atoms with E-state index in [-0.39, 0.29) is 0 Å². The first-order chi connectivity index (χ1) is 7.68. The van der Waals surface area contributed by atoms with Crippen molar-refractivity contribution in [3.8, 4) is 0 Å². The molecular formula is C14H29NS. The molecule has 1 nitrogen and oxygen atoms in total. The summed E-state index contributed by atoms with van der Waals surface area (Å²) in [5, 5.41) is 3.70. The molecule has 1 aliphatic carbocycles. The van der Waals surface area contributed by atoms with Crippen LogP contribution in [-0.4, -0.2) is 25.1 Å². The first kappa shape index (κ1) is 14.4. The molecule has 2 heteroatoms. The standard InChI is InChI=1S/C14H29NS/c1-13(2)11-14(7-4-5-8-14)12-15-9-6-10-16-3/h13,15H,4-12H2,1-3H3. The van der Waals surface area contributed by atoms with E-state index in [1.54, 1.807) is 0 Å². The van der Waals surface area contributed by atoms with Gasteiger partial charge in [0.15, 0.2) is 0 Å². The Morgan fingerprint density at radius 1 is 1.25 bits per heavy atom. The molecule has 1 rings (SSSR count). The second-order valence-corrected chi connectivity index (χ2v) is 6.81. The first-order valence-corrected chi connectivity index (χ1v) is 8.28. The summed E-state index contributed by atoms with van der Waals surface area (Å²) in [4.78, 5) is 0. The maximum Gasteiger partial charge on any atom is 0.000791 e. The van der Waals surface area contributed by atoms with Crippen molar-refractivity contribution in [3.05, 3.63) is 0 Å². The molecule has 16 heavy (non-hydrogen) atoms. The normalized spacial score (nSPS) is 19.5. The Labute approximate surface area is 106 Å². The molecule has 0 atom stereocenters. The van der Waals surface area contributed by atoms with E-state index in [1.165, 1.54) is 57.4 Å². The molecule has 0 aliphatic heterocycles. The van der Waals surface area contributed by atoms with Gasteiger partial charge in [-0.15, -0.1) is 0 Å². The van der Waals surface area contributed by atoms with Crippen molar-refractivity contribution >= 4 is 11.8 Å². The Balaban J connectivity index is 2.22. The topological polar surface area (TPSA) is 12.0 Å². The van der Waals surface area contributed by atoms with Gasteiger partial charge < -0.3 is 5.32 Å². The van der Waals surface area contributed by atoms with Gasteiger partial charge in [-0.1, -0.05) is 26.7 Å². The van der Waals surface area contributed by atoms with Gasteiger partial charge in [-0.05, 0) is 55.6 Å². The third kappa shape index (κ3) is 5.09. The van der Waals surface area contributed by atoms with E-state index in [0.29, 0.717) is 5.41 Å². The highest BCUT2D eigenvalue weighted by Gasteiger charge is 2.33. The van der Waals surface area contributed by atoms with E-state index in [1.807, 2.05) is 11.8 Å². The summed E-state index contributed by atoms with van der Waals surface area (Å²) in [6.45, 7) is 7.21. The zero-order chi connectivity index (χ0) is 11.9. The van der Waals surface area contributed by atoms with Crippen molar-refractivity contribution in [2.75, 3.05) is 25.1 Å². The van der Waals surface area contributed by atoms with Gasteiger partial charge in [0.25, 0.3) is 0 Å². The zero-order valence-electron chi connectivity index (χ0n) is 11.3. The summed E-state index contributed by atoms with van der Waals surface area (Å²) in [6, 6.07) is 0. The highest BCUT2D eigenvalue weighted by molar-refractivity contribution is 7.98. The fraction of sp³-hybridized carbons (Fsp3) is 1.00. The van der Waals surface area contributed by atoms with Gasteiger partial charge in [0.1, 0.15) is 0 Å². The van der Waals surface area contributed by atoms with Crippen LogP contribution in [0.5, 0.6) is 0 Å². The molecule has 1 fully saturated rings. The highest BCUT2D eigenvalue weighted by atomic mass is 32.2. The van der Waals surface area contributed by atoms with Crippen LogP contribution in [0.25, 0.3) is 0 Å². The molecule has 0 unspecified atom stereocenters. The second kappa shape index (κ2) is 7.60. The number of hydrogen-bond acceptors (Lipinski definition) is 2. The minimum absolute atomic E-state index is 0.646. The lowest BCUT2D eigenvalue weighted by molar-refractivity contribution is 0.224. The number of nitrogens with one attached hydrogen (secondary N) is 1. The lowest BCUT2D eigenvalue weighted by atomic mass is 9.78. The summed E-state index contributed by atoms with van der Waals surface area (Å²) in [6.07, 6.45) is 10.8. The zero-order valence-corrected chi connectivity index (χ0v) is 12.2. The Morgan fingerprint density at radius 3 is 2.50 bits per heavy atom. The van der Waals surface area contributed by atoms with Gasteiger partial charge in [-0.2, -0.15) is 11.8 Å². The maximum atomic E-state index is 3.70. The van der Waals surface area contributed by atoms with Crippen molar-refractivity contribution in [3.63, 3.8) is 0 Å². The van der Waals surface area contributed by atoms with E-state index >= 15 is 0 Å². The second-order valence-electron chi connectivity index (χ2n) is 5.83. The van der Waals surface area contributed by atoms with Gasteiger partial charge in [-0.3, -0.25) is 0 Å². The lowest BCUT2D eigenvalue weighted by Gasteiger charge is -2.31. The molecule has 0 heterocycles. The quantitative estimate of drug-likeness (QED) is 0.648. The van der Waals surface area contributed by atoms with Gasteiger partial charge >= 0.3 is 0 Å². The molecule has 1 N–H and O–H groups in total. The average Bonchev–Trinajstić information content (AvgIpc) is 2.65. The van der Waals surface area contributed by atoms with E-state index in [9.17, 15) is 0 Å². The fourth-order valence-electron chi connectivity index (χ4n) is 3.14. The largest absolute Gasteiger partial charge is 0.316 e. The van der Waals surface area contributed by atoms with Crippen molar-refractivity contribution in [2.45, 2.75) is 52.4 Å². The predicted octanol–water partition coefficient (Wildman–Crippen LogP) is 3.94. The molecule has 0 amide bonds. The van der Waals surface area contributed by atoms with Gasteiger partial charge in [-0.25, -0.2) is 0 Å². The van der Waals surface area contributed by atoms with Gasteiger partial charge in [0, 0.05) is 6.54 Å². The fourth-order valence-corrected chi connectivity index (χ4v) is 3.57. The third-order valence-corrected chi connectivity index (χ3v) is 4.40. The van der Waals surface area contributed by atoms with Crippen LogP contribution >= 0.6 is 11.8 Å². The van der Waals surface area contributed by atoms with Crippen LogP contribution < -0.4 is 5.32 Å². The van der Waals surface area contributed by atoms with Crippen molar-refractivity contribution in [2.24, 2.45) is 11.3 Å².